The first-order valence-electron chi connectivity index (χ1n) is 6.03. The average molecular weight is 266 g/mol. The molecule has 0 unspecified atom stereocenters. The maximum atomic E-state index is 5.74. The summed E-state index contributed by atoms with van der Waals surface area (Å²) in [6, 6.07) is 8.02. The molecule has 0 amide bonds. The molecule has 1 rings (SSSR count). The van der Waals surface area contributed by atoms with Gasteiger partial charge in [-0.2, -0.15) is 0 Å². The van der Waals surface area contributed by atoms with Gasteiger partial charge in [0.2, 0.25) is 0 Å². The van der Waals surface area contributed by atoms with Crippen LogP contribution in [0.2, 0.25) is 0 Å². The van der Waals surface area contributed by atoms with Crippen molar-refractivity contribution in [3.05, 3.63) is 24.3 Å². The van der Waals surface area contributed by atoms with E-state index in [1.165, 1.54) is 0 Å². The van der Waals surface area contributed by atoms with E-state index in [9.17, 15) is 0 Å². The molecule has 0 radical (unpaired) electrons. The Morgan fingerprint density at radius 1 is 1.39 bits per heavy atom. The normalized spacial score (nSPS) is 11.1. The Labute approximate surface area is 115 Å². The van der Waals surface area contributed by atoms with Crippen LogP contribution < -0.4 is 15.4 Å². The molecule has 0 fully saturated rings. The highest BCUT2D eigenvalue weighted by Gasteiger charge is 2.21. The molecule has 0 aliphatic heterocycles. The number of anilines is 1. The highest BCUT2D eigenvalue weighted by molar-refractivity contribution is 7.80. The topological polar surface area (TPSA) is 38.5 Å². The summed E-state index contributed by atoms with van der Waals surface area (Å²) in [6.45, 7) is 4.69. The Hall–Kier alpha value is -1.29. The van der Waals surface area contributed by atoms with E-state index in [1.54, 1.807) is 0 Å². The van der Waals surface area contributed by atoms with Crippen molar-refractivity contribution in [1.82, 2.24) is 0 Å². The molecule has 0 aliphatic rings. The van der Waals surface area contributed by atoms with Crippen LogP contribution in [-0.4, -0.2) is 25.7 Å². The van der Waals surface area contributed by atoms with Crippen LogP contribution in [0.4, 0.5) is 5.69 Å². The first-order chi connectivity index (χ1) is 8.33. The molecule has 4 heteroatoms. The second-order valence-electron chi connectivity index (χ2n) is 5.24. The molecule has 0 saturated carbocycles. The lowest BCUT2D eigenvalue weighted by Crippen LogP contribution is -2.31. The molecule has 0 heterocycles. The first kappa shape index (κ1) is 14.8. The van der Waals surface area contributed by atoms with E-state index in [-0.39, 0.29) is 5.41 Å². The standard InChI is InChI=1S/C14H22N2OS/c1-14(2,13(15)18)8-9-17-12-7-5-6-11(10-12)16(3)4/h5-7,10H,8-9H2,1-4H3,(H2,15,18). The van der Waals surface area contributed by atoms with Gasteiger partial charge in [0.1, 0.15) is 5.75 Å². The second kappa shape index (κ2) is 6.05. The molecule has 3 nitrogen and oxygen atoms in total. The summed E-state index contributed by atoms with van der Waals surface area (Å²) in [5.74, 6) is 0.875. The summed E-state index contributed by atoms with van der Waals surface area (Å²) in [4.78, 5) is 2.58. The van der Waals surface area contributed by atoms with Gasteiger partial charge in [0.15, 0.2) is 0 Å². The largest absolute Gasteiger partial charge is 0.493 e. The van der Waals surface area contributed by atoms with Gasteiger partial charge in [-0.05, 0) is 18.6 Å². The average Bonchev–Trinajstić information content (AvgIpc) is 2.29. The van der Waals surface area contributed by atoms with Gasteiger partial charge in [-0.15, -0.1) is 0 Å². The lowest BCUT2D eigenvalue weighted by Gasteiger charge is -2.23. The predicted octanol–water partition coefficient (Wildman–Crippen LogP) is 2.83. The lowest BCUT2D eigenvalue weighted by atomic mass is 9.90. The minimum absolute atomic E-state index is 0.158. The number of hydrogen-bond acceptors (Lipinski definition) is 3. The van der Waals surface area contributed by atoms with E-state index >= 15 is 0 Å². The fraction of sp³-hybridized carbons (Fsp3) is 0.500. The molecule has 100 valence electrons. The number of ether oxygens (including phenoxy) is 1. The molecule has 2 N–H and O–H groups in total. The Kier molecular flexibility index (Phi) is 4.96. The monoisotopic (exact) mass is 266 g/mol. The van der Waals surface area contributed by atoms with Crippen LogP contribution in [0, 0.1) is 5.41 Å². The van der Waals surface area contributed by atoms with Crippen molar-refractivity contribution in [2.75, 3.05) is 25.6 Å². The number of thiocarbonyl (C=S) groups is 1. The quantitative estimate of drug-likeness (QED) is 0.804. The fourth-order valence-corrected chi connectivity index (χ4v) is 1.50. The minimum Gasteiger partial charge on any atom is -0.493 e. The van der Waals surface area contributed by atoms with Crippen LogP contribution in [0.5, 0.6) is 5.75 Å². The smallest absolute Gasteiger partial charge is 0.121 e. The van der Waals surface area contributed by atoms with Crippen LogP contribution in [0.1, 0.15) is 20.3 Å². The van der Waals surface area contributed by atoms with Crippen molar-refractivity contribution in [2.24, 2.45) is 11.1 Å². The third kappa shape index (κ3) is 4.18. The zero-order valence-corrected chi connectivity index (χ0v) is 12.4. The summed E-state index contributed by atoms with van der Waals surface area (Å²) in [5.41, 5.74) is 6.65. The second-order valence-corrected chi connectivity index (χ2v) is 5.68. The van der Waals surface area contributed by atoms with Crippen molar-refractivity contribution >= 4 is 22.9 Å². The number of nitrogens with two attached hydrogens (primary N) is 1. The Morgan fingerprint density at radius 2 is 2.06 bits per heavy atom. The summed E-state index contributed by atoms with van der Waals surface area (Å²) in [7, 11) is 4.02. The van der Waals surface area contributed by atoms with Crippen LogP contribution in [0.3, 0.4) is 0 Å². The Bertz CT molecular complexity index is 416. The van der Waals surface area contributed by atoms with Crippen LogP contribution >= 0.6 is 12.2 Å². The third-order valence-corrected chi connectivity index (χ3v) is 3.55. The van der Waals surface area contributed by atoms with Crippen molar-refractivity contribution in [1.29, 1.82) is 0 Å². The summed E-state index contributed by atoms with van der Waals surface area (Å²) in [5, 5.41) is 0. The zero-order valence-electron chi connectivity index (χ0n) is 11.6. The van der Waals surface area contributed by atoms with Crippen LogP contribution in [0.15, 0.2) is 24.3 Å². The highest BCUT2D eigenvalue weighted by atomic mass is 32.1. The molecule has 0 saturated heterocycles. The van der Waals surface area contributed by atoms with Gasteiger partial charge in [-0.3, -0.25) is 0 Å². The minimum atomic E-state index is -0.158. The Morgan fingerprint density at radius 3 is 2.61 bits per heavy atom. The molecular weight excluding hydrogens is 244 g/mol. The van der Waals surface area contributed by atoms with E-state index in [1.807, 2.05) is 57.1 Å². The zero-order chi connectivity index (χ0) is 13.8. The number of benzene rings is 1. The number of rotatable bonds is 6. The van der Waals surface area contributed by atoms with Gasteiger partial charge in [0.05, 0.1) is 11.6 Å². The molecule has 0 spiro atoms. The van der Waals surface area contributed by atoms with Gasteiger partial charge in [0, 0.05) is 31.3 Å². The fourth-order valence-electron chi connectivity index (χ4n) is 1.40. The van der Waals surface area contributed by atoms with E-state index in [0.29, 0.717) is 11.6 Å². The third-order valence-electron chi connectivity index (χ3n) is 3.00. The van der Waals surface area contributed by atoms with Crippen molar-refractivity contribution in [3.63, 3.8) is 0 Å². The molecule has 18 heavy (non-hydrogen) atoms. The van der Waals surface area contributed by atoms with Gasteiger partial charge in [-0.25, -0.2) is 0 Å². The van der Waals surface area contributed by atoms with E-state index in [2.05, 4.69) is 0 Å². The van der Waals surface area contributed by atoms with Crippen molar-refractivity contribution < 1.29 is 4.74 Å². The first-order valence-corrected chi connectivity index (χ1v) is 6.44. The van der Waals surface area contributed by atoms with Crippen molar-refractivity contribution in [2.45, 2.75) is 20.3 Å². The SMILES string of the molecule is CN(C)c1cccc(OCCC(C)(C)C(N)=S)c1. The molecule has 0 bridgehead atoms. The van der Waals surface area contributed by atoms with Gasteiger partial charge >= 0.3 is 0 Å². The van der Waals surface area contributed by atoms with Crippen LogP contribution in [0.25, 0.3) is 0 Å². The number of hydrogen-bond donors (Lipinski definition) is 1. The predicted molar refractivity (Wildman–Crippen MR) is 81.4 cm³/mol. The molecular formula is C14H22N2OS. The maximum absolute atomic E-state index is 5.74. The molecule has 1 aromatic carbocycles. The van der Waals surface area contributed by atoms with Crippen molar-refractivity contribution in [3.8, 4) is 5.75 Å². The summed E-state index contributed by atoms with van der Waals surface area (Å²) in [6.07, 6.45) is 0.814. The Balaban J connectivity index is 2.54. The summed E-state index contributed by atoms with van der Waals surface area (Å²) >= 11 is 5.03. The highest BCUT2D eigenvalue weighted by Crippen LogP contribution is 2.23. The molecule has 0 aromatic heterocycles. The van der Waals surface area contributed by atoms with E-state index < -0.39 is 0 Å². The summed E-state index contributed by atoms with van der Waals surface area (Å²) < 4.78 is 5.74. The van der Waals surface area contributed by atoms with E-state index in [4.69, 9.17) is 22.7 Å². The van der Waals surface area contributed by atoms with Crippen LogP contribution in [-0.2, 0) is 0 Å². The van der Waals surface area contributed by atoms with Gasteiger partial charge < -0.3 is 15.4 Å². The van der Waals surface area contributed by atoms with E-state index in [0.717, 1.165) is 17.9 Å². The molecule has 1 aromatic rings. The maximum Gasteiger partial charge on any atom is 0.121 e. The number of nitrogens with zero attached hydrogens (tertiary/aromatic N) is 1. The lowest BCUT2D eigenvalue weighted by molar-refractivity contribution is 0.270. The van der Waals surface area contributed by atoms with Gasteiger partial charge in [0.25, 0.3) is 0 Å². The van der Waals surface area contributed by atoms with Gasteiger partial charge in [-0.1, -0.05) is 32.1 Å². The molecule has 0 aliphatic carbocycles. The molecule has 0 atom stereocenters.